The zero-order valence-corrected chi connectivity index (χ0v) is 16.0. The predicted octanol–water partition coefficient (Wildman–Crippen LogP) is 3.95. The molecule has 0 aromatic heterocycles. The van der Waals surface area contributed by atoms with E-state index in [0.29, 0.717) is 17.6 Å². The van der Waals surface area contributed by atoms with Gasteiger partial charge in [0.1, 0.15) is 0 Å². The van der Waals surface area contributed by atoms with Crippen LogP contribution in [0.5, 0.6) is 0 Å². The van der Waals surface area contributed by atoms with Crippen LogP contribution in [0.2, 0.25) is 0 Å². The molecule has 0 atom stereocenters. The molecule has 0 radical (unpaired) electrons. The van der Waals surface area contributed by atoms with Gasteiger partial charge in [-0.15, -0.1) is 0 Å². The van der Waals surface area contributed by atoms with Crippen molar-refractivity contribution in [2.45, 2.75) is 52.5 Å². The summed E-state index contributed by atoms with van der Waals surface area (Å²) in [7, 11) is 0. The van der Waals surface area contributed by atoms with Crippen LogP contribution >= 0.6 is 0 Å². The second kappa shape index (κ2) is 7.77. The van der Waals surface area contributed by atoms with E-state index in [0.717, 1.165) is 32.2 Å². The molecule has 0 amide bonds. The van der Waals surface area contributed by atoms with Gasteiger partial charge in [-0.3, -0.25) is 4.90 Å². The summed E-state index contributed by atoms with van der Waals surface area (Å²) in [6, 6.07) is 8.63. The van der Waals surface area contributed by atoms with E-state index in [-0.39, 0.29) is 5.97 Å². The van der Waals surface area contributed by atoms with E-state index in [9.17, 15) is 4.79 Å². The first kappa shape index (κ1) is 18.2. The fourth-order valence-electron chi connectivity index (χ4n) is 4.12. The number of rotatable bonds is 4. The standard InChI is InChI=1S/C21H32N2O2/c1-4-25-20(24)17-5-7-18(8-6-17)22-13-15-23(16-14-22)19-9-11-21(2,3)12-10-19/h5-8,19H,4,9-16H2,1-3H3. The lowest BCUT2D eigenvalue weighted by molar-refractivity contribution is 0.0526. The van der Waals surface area contributed by atoms with Crippen molar-refractivity contribution in [3.05, 3.63) is 29.8 Å². The molecule has 1 aromatic rings. The molecule has 0 bridgehead atoms. The number of nitrogens with zero attached hydrogens (tertiary/aromatic N) is 2. The molecule has 138 valence electrons. The van der Waals surface area contributed by atoms with Crippen molar-refractivity contribution in [2.75, 3.05) is 37.7 Å². The highest BCUT2D eigenvalue weighted by atomic mass is 16.5. The van der Waals surface area contributed by atoms with Crippen molar-refractivity contribution < 1.29 is 9.53 Å². The average molecular weight is 344 g/mol. The van der Waals surface area contributed by atoms with Crippen LogP contribution in [-0.2, 0) is 4.74 Å². The lowest BCUT2D eigenvalue weighted by Crippen LogP contribution is -2.51. The van der Waals surface area contributed by atoms with Crippen LogP contribution in [0.4, 0.5) is 5.69 Å². The monoisotopic (exact) mass is 344 g/mol. The third-order valence-electron chi connectivity index (χ3n) is 5.88. The Labute approximate surface area is 152 Å². The topological polar surface area (TPSA) is 32.8 Å². The van der Waals surface area contributed by atoms with E-state index in [4.69, 9.17) is 4.74 Å². The third kappa shape index (κ3) is 4.55. The minimum Gasteiger partial charge on any atom is -0.462 e. The molecule has 3 rings (SSSR count). The van der Waals surface area contributed by atoms with E-state index in [2.05, 4.69) is 23.6 Å². The molecule has 1 saturated carbocycles. The normalized spacial score (nSPS) is 22.0. The molecule has 2 aliphatic rings. The molecule has 1 aliphatic heterocycles. The number of anilines is 1. The van der Waals surface area contributed by atoms with Crippen LogP contribution in [0.25, 0.3) is 0 Å². The zero-order chi connectivity index (χ0) is 17.9. The average Bonchev–Trinajstić information content (AvgIpc) is 2.62. The minimum atomic E-state index is -0.237. The first-order valence-electron chi connectivity index (χ1n) is 9.75. The second-order valence-corrected chi connectivity index (χ2v) is 8.19. The number of hydrogen-bond donors (Lipinski definition) is 0. The Bertz CT molecular complexity index is 564. The fourth-order valence-corrected chi connectivity index (χ4v) is 4.12. The number of benzene rings is 1. The highest BCUT2D eigenvalue weighted by Crippen LogP contribution is 2.37. The van der Waals surface area contributed by atoms with Gasteiger partial charge in [0.25, 0.3) is 0 Å². The lowest BCUT2D eigenvalue weighted by Gasteiger charge is -2.44. The summed E-state index contributed by atoms with van der Waals surface area (Å²) in [5, 5.41) is 0. The van der Waals surface area contributed by atoms with Crippen molar-refractivity contribution in [3.63, 3.8) is 0 Å². The first-order valence-corrected chi connectivity index (χ1v) is 9.75. The predicted molar refractivity (Wildman–Crippen MR) is 102 cm³/mol. The van der Waals surface area contributed by atoms with Crippen molar-refractivity contribution in [1.29, 1.82) is 0 Å². The Kier molecular flexibility index (Phi) is 5.67. The molecule has 0 N–H and O–H groups in total. The van der Waals surface area contributed by atoms with Crippen LogP contribution < -0.4 is 4.90 Å². The van der Waals surface area contributed by atoms with Crippen LogP contribution in [0.15, 0.2) is 24.3 Å². The molecular formula is C21H32N2O2. The molecule has 1 heterocycles. The quantitative estimate of drug-likeness (QED) is 0.774. The van der Waals surface area contributed by atoms with Crippen molar-refractivity contribution >= 4 is 11.7 Å². The summed E-state index contributed by atoms with van der Waals surface area (Å²) in [4.78, 5) is 16.9. The van der Waals surface area contributed by atoms with Gasteiger partial charge in [0, 0.05) is 37.9 Å². The number of ether oxygens (including phenoxy) is 1. The minimum absolute atomic E-state index is 0.237. The van der Waals surface area contributed by atoms with E-state index in [1.54, 1.807) is 0 Å². The number of piperazine rings is 1. The molecule has 25 heavy (non-hydrogen) atoms. The van der Waals surface area contributed by atoms with E-state index < -0.39 is 0 Å². The molecule has 1 saturated heterocycles. The van der Waals surface area contributed by atoms with Crippen LogP contribution in [0.1, 0.15) is 56.8 Å². The molecule has 1 aliphatic carbocycles. The lowest BCUT2D eigenvalue weighted by atomic mass is 9.75. The van der Waals surface area contributed by atoms with Gasteiger partial charge in [0.15, 0.2) is 0 Å². The van der Waals surface area contributed by atoms with Gasteiger partial charge < -0.3 is 9.64 Å². The van der Waals surface area contributed by atoms with Crippen molar-refractivity contribution in [2.24, 2.45) is 5.41 Å². The summed E-state index contributed by atoms with van der Waals surface area (Å²) in [6.45, 7) is 11.5. The Hall–Kier alpha value is -1.55. The van der Waals surface area contributed by atoms with Crippen LogP contribution in [0, 0.1) is 5.41 Å². The van der Waals surface area contributed by atoms with Gasteiger partial charge in [0.05, 0.1) is 12.2 Å². The van der Waals surface area contributed by atoms with E-state index >= 15 is 0 Å². The number of carbonyl (C=O) groups excluding carboxylic acids is 1. The second-order valence-electron chi connectivity index (χ2n) is 8.19. The van der Waals surface area contributed by atoms with Gasteiger partial charge in [-0.2, -0.15) is 0 Å². The molecule has 0 unspecified atom stereocenters. The summed E-state index contributed by atoms with van der Waals surface area (Å²) in [5.74, 6) is -0.237. The summed E-state index contributed by atoms with van der Waals surface area (Å²) in [5.41, 5.74) is 2.38. The summed E-state index contributed by atoms with van der Waals surface area (Å²) in [6.07, 6.45) is 5.41. The molecule has 1 aromatic carbocycles. The Morgan fingerprint density at radius 1 is 1.08 bits per heavy atom. The Morgan fingerprint density at radius 3 is 2.24 bits per heavy atom. The highest BCUT2D eigenvalue weighted by Gasteiger charge is 2.31. The zero-order valence-electron chi connectivity index (χ0n) is 16.0. The van der Waals surface area contributed by atoms with E-state index in [1.165, 1.54) is 31.4 Å². The Morgan fingerprint density at radius 2 is 1.68 bits per heavy atom. The van der Waals surface area contributed by atoms with Gasteiger partial charge in [-0.1, -0.05) is 13.8 Å². The largest absolute Gasteiger partial charge is 0.462 e. The van der Waals surface area contributed by atoms with Gasteiger partial charge >= 0.3 is 5.97 Å². The van der Waals surface area contributed by atoms with Crippen LogP contribution in [0.3, 0.4) is 0 Å². The third-order valence-corrected chi connectivity index (χ3v) is 5.88. The SMILES string of the molecule is CCOC(=O)c1ccc(N2CCN(C3CCC(C)(C)CC3)CC2)cc1. The molecule has 0 spiro atoms. The molecule has 4 heteroatoms. The first-order chi connectivity index (χ1) is 12.0. The fraction of sp³-hybridized carbons (Fsp3) is 0.667. The maximum Gasteiger partial charge on any atom is 0.338 e. The maximum atomic E-state index is 11.8. The number of esters is 1. The maximum absolute atomic E-state index is 11.8. The molecular weight excluding hydrogens is 312 g/mol. The highest BCUT2D eigenvalue weighted by molar-refractivity contribution is 5.89. The Balaban J connectivity index is 1.51. The molecule has 2 fully saturated rings. The van der Waals surface area contributed by atoms with Crippen molar-refractivity contribution in [3.8, 4) is 0 Å². The summed E-state index contributed by atoms with van der Waals surface area (Å²) < 4.78 is 5.05. The van der Waals surface area contributed by atoms with E-state index in [1.807, 2.05) is 31.2 Å². The van der Waals surface area contributed by atoms with Crippen LogP contribution in [-0.4, -0.2) is 49.7 Å². The number of hydrogen-bond acceptors (Lipinski definition) is 4. The van der Waals surface area contributed by atoms with Gasteiger partial charge in [-0.05, 0) is 62.3 Å². The van der Waals surface area contributed by atoms with Crippen molar-refractivity contribution in [1.82, 2.24) is 4.90 Å². The smallest absolute Gasteiger partial charge is 0.338 e. The van der Waals surface area contributed by atoms with Gasteiger partial charge in [-0.25, -0.2) is 4.79 Å². The molecule has 4 nitrogen and oxygen atoms in total. The van der Waals surface area contributed by atoms with Gasteiger partial charge in [0.2, 0.25) is 0 Å². The summed E-state index contributed by atoms with van der Waals surface area (Å²) >= 11 is 0. The number of carbonyl (C=O) groups is 1.